The molecule has 26 heavy (non-hydrogen) atoms. The lowest BCUT2D eigenvalue weighted by Crippen LogP contribution is -2.47. The lowest BCUT2D eigenvalue weighted by molar-refractivity contribution is -0.138. The van der Waals surface area contributed by atoms with E-state index in [0.717, 1.165) is 36.5 Å². The van der Waals surface area contributed by atoms with Gasteiger partial charge in [-0.25, -0.2) is 4.98 Å². The van der Waals surface area contributed by atoms with Crippen molar-refractivity contribution in [3.8, 4) is 11.3 Å². The number of rotatable bonds is 5. The normalized spacial score (nSPS) is 21.4. The Morgan fingerprint density at radius 3 is 2.62 bits per heavy atom. The highest BCUT2D eigenvalue weighted by molar-refractivity contribution is 5.83. The maximum atomic E-state index is 13.2. The Morgan fingerprint density at radius 2 is 1.96 bits per heavy atom. The number of hydrogen-bond acceptors (Lipinski definition) is 3. The standard InChI is InChI=1S/C21H28N4O/c1-14-6-8-15(9-7-14)17-13-22-20(23-17)18-5-4-12-25(18)21(26)19(24(2)3)16-10-11-16/h6-9,13,16,18-19H,4-5,10-12H2,1-3H3,(H,22,23). The molecule has 0 bridgehead atoms. The Hall–Kier alpha value is -2.14. The number of aryl methyl sites for hydroxylation is 1. The second kappa shape index (κ2) is 6.88. The van der Waals surface area contributed by atoms with Gasteiger partial charge in [-0.05, 0) is 58.2 Å². The van der Waals surface area contributed by atoms with Crippen LogP contribution in [-0.2, 0) is 4.79 Å². The van der Waals surface area contributed by atoms with Crippen molar-refractivity contribution in [2.45, 2.75) is 44.7 Å². The van der Waals surface area contributed by atoms with Crippen LogP contribution in [0.3, 0.4) is 0 Å². The lowest BCUT2D eigenvalue weighted by Gasteiger charge is -2.31. The fourth-order valence-electron chi connectivity index (χ4n) is 4.13. The summed E-state index contributed by atoms with van der Waals surface area (Å²) >= 11 is 0. The quantitative estimate of drug-likeness (QED) is 0.897. The summed E-state index contributed by atoms with van der Waals surface area (Å²) in [6.45, 7) is 2.92. The molecule has 1 N–H and O–H groups in total. The van der Waals surface area contributed by atoms with E-state index in [1.807, 2.05) is 20.3 Å². The van der Waals surface area contributed by atoms with Gasteiger partial charge in [0.25, 0.3) is 0 Å². The van der Waals surface area contributed by atoms with Gasteiger partial charge in [-0.3, -0.25) is 9.69 Å². The number of likely N-dealkylation sites (tertiary alicyclic amines) is 1. The predicted octanol–water partition coefficient (Wildman–Crippen LogP) is 3.39. The van der Waals surface area contributed by atoms with E-state index in [1.54, 1.807) is 0 Å². The molecule has 1 aromatic carbocycles. The summed E-state index contributed by atoms with van der Waals surface area (Å²) in [5.41, 5.74) is 3.40. The van der Waals surface area contributed by atoms with E-state index in [9.17, 15) is 4.79 Å². The van der Waals surface area contributed by atoms with E-state index in [2.05, 4.69) is 51.0 Å². The smallest absolute Gasteiger partial charge is 0.240 e. The van der Waals surface area contributed by atoms with Crippen LogP contribution in [0.1, 0.15) is 43.1 Å². The molecular weight excluding hydrogens is 324 g/mol. The first kappa shape index (κ1) is 17.3. The summed E-state index contributed by atoms with van der Waals surface area (Å²) < 4.78 is 0. The third-order valence-electron chi connectivity index (χ3n) is 5.69. The zero-order valence-corrected chi connectivity index (χ0v) is 15.9. The molecule has 2 atom stereocenters. The number of nitrogens with zero attached hydrogens (tertiary/aromatic N) is 3. The van der Waals surface area contributed by atoms with Crippen LogP contribution in [0.2, 0.25) is 0 Å². The number of likely N-dealkylation sites (N-methyl/N-ethyl adjacent to an activating group) is 1. The van der Waals surface area contributed by atoms with Gasteiger partial charge < -0.3 is 9.88 Å². The fraction of sp³-hybridized carbons (Fsp3) is 0.524. The number of aromatic nitrogens is 2. The first-order valence-corrected chi connectivity index (χ1v) is 9.63. The molecule has 1 aromatic heterocycles. The van der Waals surface area contributed by atoms with Crippen molar-refractivity contribution in [2.75, 3.05) is 20.6 Å². The molecule has 0 spiro atoms. The van der Waals surface area contributed by atoms with Gasteiger partial charge in [0.1, 0.15) is 5.82 Å². The molecule has 1 aliphatic carbocycles. The monoisotopic (exact) mass is 352 g/mol. The first-order chi connectivity index (χ1) is 12.5. The Bertz CT molecular complexity index is 774. The van der Waals surface area contributed by atoms with Crippen molar-refractivity contribution in [2.24, 2.45) is 5.92 Å². The number of amides is 1. The van der Waals surface area contributed by atoms with Gasteiger partial charge in [0.2, 0.25) is 5.91 Å². The average molecular weight is 352 g/mol. The minimum atomic E-state index is 0.0159. The molecule has 138 valence electrons. The van der Waals surface area contributed by atoms with E-state index in [4.69, 9.17) is 0 Å². The highest BCUT2D eigenvalue weighted by Crippen LogP contribution is 2.39. The second-order valence-electron chi connectivity index (χ2n) is 7.98. The summed E-state index contributed by atoms with van der Waals surface area (Å²) in [6.07, 6.45) is 6.27. The Labute approximate surface area is 155 Å². The molecule has 1 saturated carbocycles. The molecule has 2 unspecified atom stereocenters. The zero-order chi connectivity index (χ0) is 18.3. The van der Waals surface area contributed by atoms with Crippen molar-refractivity contribution in [1.29, 1.82) is 0 Å². The third-order valence-corrected chi connectivity index (χ3v) is 5.69. The Kier molecular flexibility index (Phi) is 4.57. The predicted molar refractivity (Wildman–Crippen MR) is 103 cm³/mol. The number of imidazole rings is 1. The number of carbonyl (C=O) groups excluding carboxylic acids is 1. The van der Waals surface area contributed by atoms with Crippen molar-refractivity contribution in [1.82, 2.24) is 19.8 Å². The van der Waals surface area contributed by atoms with E-state index < -0.39 is 0 Å². The second-order valence-corrected chi connectivity index (χ2v) is 7.98. The van der Waals surface area contributed by atoms with E-state index in [-0.39, 0.29) is 18.0 Å². The number of hydrogen-bond donors (Lipinski definition) is 1. The number of aromatic amines is 1. The third kappa shape index (κ3) is 3.28. The van der Waals surface area contributed by atoms with Crippen LogP contribution in [0.5, 0.6) is 0 Å². The van der Waals surface area contributed by atoms with Crippen LogP contribution < -0.4 is 0 Å². The minimum absolute atomic E-state index is 0.0159. The minimum Gasteiger partial charge on any atom is -0.340 e. The molecule has 5 nitrogen and oxygen atoms in total. The van der Waals surface area contributed by atoms with Gasteiger partial charge in [0.05, 0.1) is 24.0 Å². The van der Waals surface area contributed by atoms with Crippen LogP contribution in [0.15, 0.2) is 30.5 Å². The molecule has 0 radical (unpaired) electrons. The van der Waals surface area contributed by atoms with E-state index in [0.29, 0.717) is 5.92 Å². The molecule has 1 aliphatic heterocycles. The number of benzene rings is 1. The van der Waals surface area contributed by atoms with Crippen molar-refractivity contribution >= 4 is 5.91 Å². The van der Waals surface area contributed by atoms with E-state index in [1.165, 1.54) is 18.4 Å². The van der Waals surface area contributed by atoms with Crippen LogP contribution >= 0.6 is 0 Å². The van der Waals surface area contributed by atoms with Gasteiger partial charge in [0, 0.05) is 6.54 Å². The molecular formula is C21H28N4O. The molecule has 2 heterocycles. The van der Waals surface area contributed by atoms with Gasteiger partial charge in [-0.1, -0.05) is 29.8 Å². The zero-order valence-electron chi connectivity index (χ0n) is 15.9. The van der Waals surface area contributed by atoms with Crippen molar-refractivity contribution in [3.05, 3.63) is 41.9 Å². The summed E-state index contributed by atoms with van der Waals surface area (Å²) in [6, 6.07) is 8.53. The summed E-state index contributed by atoms with van der Waals surface area (Å²) in [7, 11) is 4.04. The van der Waals surface area contributed by atoms with Gasteiger partial charge in [-0.2, -0.15) is 0 Å². The molecule has 2 fully saturated rings. The molecule has 2 aromatic rings. The number of H-pyrrole nitrogens is 1. The molecule has 1 amide bonds. The van der Waals surface area contributed by atoms with Crippen molar-refractivity contribution < 1.29 is 4.79 Å². The van der Waals surface area contributed by atoms with Crippen LogP contribution in [-0.4, -0.2) is 52.4 Å². The first-order valence-electron chi connectivity index (χ1n) is 9.63. The van der Waals surface area contributed by atoms with E-state index >= 15 is 0 Å². The highest BCUT2D eigenvalue weighted by atomic mass is 16.2. The van der Waals surface area contributed by atoms with Gasteiger partial charge in [-0.15, -0.1) is 0 Å². The van der Waals surface area contributed by atoms with Gasteiger partial charge in [0.15, 0.2) is 0 Å². The topological polar surface area (TPSA) is 52.2 Å². The summed E-state index contributed by atoms with van der Waals surface area (Å²) in [5, 5.41) is 0. The molecule has 4 rings (SSSR count). The maximum absolute atomic E-state index is 13.2. The van der Waals surface area contributed by atoms with Crippen LogP contribution in [0.4, 0.5) is 0 Å². The molecule has 2 aliphatic rings. The largest absolute Gasteiger partial charge is 0.340 e. The highest BCUT2D eigenvalue weighted by Gasteiger charge is 2.43. The summed E-state index contributed by atoms with van der Waals surface area (Å²) in [4.78, 5) is 25.5. The maximum Gasteiger partial charge on any atom is 0.240 e. The SMILES string of the molecule is Cc1ccc(-c2cnc(C3CCCN3C(=O)C(C3CC3)N(C)C)[nH]2)cc1. The Morgan fingerprint density at radius 1 is 1.23 bits per heavy atom. The summed E-state index contributed by atoms with van der Waals surface area (Å²) in [5.74, 6) is 1.71. The lowest BCUT2D eigenvalue weighted by atomic mass is 10.1. The molecule has 5 heteroatoms. The fourth-order valence-corrected chi connectivity index (χ4v) is 4.13. The van der Waals surface area contributed by atoms with Crippen LogP contribution in [0.25, 0.3) is 11.3 Å². The van der Waals surface area contributed by atoms with Crippen LogP contribution in [0, 0.1) is 12.8 Å². The average Bonchev–Trinajstić information content (AvgIpc) is 3.12. The number of carbonyl (C=O) groups is 1. The Balaban J connectivity index is 1.55. The van der Waals surface area contributed by atoms with Crippen molar-refractivity contribution in [3.63, 3.8) is 0 Å². The molecule has 1 saturated heterocycles. The number of nitrogens with one attached hydrogen (secondary N) is 1. The van der Waals surface area contributed by atoms with Gasteiger partial charge >= 0.3 is 0 Å².